The highest BCUT2D eigenvalue weighted by Crippen LogP contribution is 2.39. The number of hydrogen-bond acceptors (Lipinski definition) is 1. The Morgan fingerprint density at radius 1 is 0.923 bits per heavy atom. The minimum Gasteiger partial charge on any atom is -0.355 e. The van der Waals surface area contributed by atoms with E-state index in [1.54, 1.807) is 12.1 Å². The van der Waals surface area contributed by atoms with Crippen LogP contribution < -0.4 is 5.32 Å². The Morgan fingerprint density at radius 3 is 2.31 bits per heavy atom. The minimum atomic E-state index is -0.481. The second kappa shape index (κ2) is 8.98. The molecule has 1 amide bonds. The first-order valence-electron chi connectivity index (χ1n) is 9.79. The highest BCUT2D eigenvalue weighted by molar-refractivity contribution is 5.88. The largest absolute Gasteiger partial charge is 0.355 e. The Kier molecular flexibility index (Phi) is 6.43. The van der Waals surface area contributed by atoms with E-state index in [-0.39, 0.29) is 11.7 Å². The van der Waals surface area contributed by atoms with Crippen LogP contribution in [0.5, 0.6) is 0 Å². The molecule has 1 aliphatic rings. The third kappa shape index (κ3) is 4.51. The van der Waals surface area contributed by atoms with Gasteiger partial charge < -0.3 is 5.32 Å². The molecule has 1 N–H and O–H groups in total. The van der Waals surface area contributed by atoms with Gasteiger partial charge in [0.05, 0.1) is 5.41 Å². The highest BCUT2D eigenvalue weighted by Gasteiger charge is 2.40. The van der Waals surface area contributed by atoms with Crippen LogP contribution in [0.15, 0.2) is 54.6 Å². The molecule has 1 aliphatic carbocycles. The lowest BCUT2D eigenvalue weighted by atomic mass is 9.68. The van der Waals surface area contributed by atoms with Crippen LogP contribution in [0.2, 0.25) is 0 Å². The number of aryl methyl sites for hydroxylation is 1. The molecular formula is C23H28FNO. The lowest BCUT2D eigenvalue weighted by Gasteiger charge is -2.36. The Balaban J connectivity index is 1.55. The van der Waals surface area contributed by atoms with Crippen molar-refractivity contribution in [3.8, 4) is 0 Å². The number of carbonyl (C=O) groups excluding carboxylic acids is 1. The van der Waals surface area contributed by atoms with Gasteiger partial charge in [0, 0.05) is 6.54 Å². The van der Waals surface area contributed by atoms with Crippen LogP contribution >= 0.6 is 0 Å². The monoisotopic (exact) mass is 353 g/mol. The number of rotatable bonds is 7. The summed E-state index contributed by atoms with van der Waals surface area (Å²) in [5, 5.41) is 3.16. The molecule has 0 saturated heterocycles. The number of benzene rings is 2. The predicted octanol–water partition coefficient (Wildman–Crippen LogP) is 5.17. The van der Waals surface area contributed by atoms with Gasteiger partial charge in [0.1, 0.15) is 5.82 Å². The fourth-order valence-electron chi connectivity index (χ4n) is 4.04. The number of carbonyl (C=O) groups is 1. The fourth-order valence-corrected chi connectivity index (χ4v) is 4.04. The Morgan fingerprint density at radius 2 is 1.62 bits per heavy atom. The van der Waals surface area contributed by atoms with Crippen LogP contribution in [0.25, 0.3) is 0 Å². The van der Waals surface area contributed by atoms with E-state index in [1.807, 2.05) is 6.07 Å². The van der Waals surface area contributed by atoms with Gasteiger partial charge in [0.15, 0.2) is 0 Å². The minimum absolute atomic E-state index is 0.114. The zero-order valence-electron chi connectivity index (χ0n) is 15.3. The van der Waals surface area contributed by atoms with Crippen LogP contribution in [-0.4, -0.2) is 12.5 Å². The molecule has 3 rings (SSSR count). The molecule has 138 valence electrons. The average molecular weight is 353 g/mol. The molecule has 0 atom stereocenters. The van der Waals surface area contributed by atoms with Crippen molar-refractivity contribution >= 4 is 5.91 Å². The summed E-state index contributed by atoms with van der Waals surface area (Å²) >= 11 is 0. The summed E-state index contributed by atoms with van der Waals surface area (Å²) in [5.41, 5.74) is 1.82. The van der Waals surface area contributed by atoms with Crippen molar-refractivity contribution in [2.75, 3.05) is 6.54 Å². The molecule has 0 bridgehead atoms. The summed E-state index contributed by atoms with van der Waals surface area (Å²) in [6.45, 7) is 0.703. The predicted molar refractivity (Wildman–Crippen MR) is 104 cm³/mol. The zero-order chi connectivity index (χ0) is 18.2. The van der Waals surface area contributed by atoms with Crippen molar-refractivity contribution in [3.63, 3.8) is 0 Å². The van der Waals surface area contributed by atoms with Crippen molar-refractivity contribution < 1.29 is 9.18 Å². The summed E-state index contributed by atoms with van der Waals surface area (Å²) in [7, 11) is 0. The molecule has 3 heteroatoms. The molecular weight excluding hydrogens is 325 g/mol. The standard InChI is InChI=1S/C23H28FNO/c24-21-14-12-20(13-15-21)23(16-6-2-7-17-23)22(26)25-18-8-5-11-19-9-3-1-4-10-19/h1,3-4,9-10,12-15H,2,5-8,11,16-18H2,(H,25,26). The van der Waals surface area contributed by atoms with E-state index in [1.165, 1.54) is 24.1 Å². The van der Waals surface area contributed by atoms with Crippen LogP contribution in [0.1, 0.15) is 56.1 Å². The molecule has 2 aromatic rings. The molecule has 0 aliphatic heterocycles. The van der Waals surface area contributed by atoms with Gasteiger partial charge in [-0.05, 0) is 55.4 Å². The van der Waals surface area contributed by atoms with E-state index in [9.17, 15) is 9.18 Å². The van der Waals surface area contributed by atoms with Crippen LogP contribution in [0, 0.1) is 5.82 Å². The van der Waals surface area contributed by atoms with E-state index in [0.717, 1.165) is 50.5 Å². The van der Waals surface area contributed by atoms with Crippen molar-refractivity contribution in [1.29, 1.82) is 0 Å². The number of hydrogen-bond donors (Lipinski definition) is 1. The van der Waals surface area contributed by atoms with Gasteiger partial charge in [0.2, 0.25) is 5.91 Å². The Hall–Kier alpha value is -2.16. The molecule has 0 radical (unpaired) electrons. The third-order valence-electron chi connectivity index (χ3n) is 5.56. The van der Waals surface area contributed by atoms with E-state index in [0.29, 0.717) is 6.54 Å². The quantitative estimate of drug-likeness (QED) is 0.684. The van der Waals surface area contributed by atoms with Gasteiger partial charge >= 0.3 is 0 Å². The molecule has 0 aromatic heterocycles. The zero-order valence-corrected chi connectivity index (χ0v) is 15.3. The maximum absolute atomic E-state index is 13.3. The summed E-state index contributed by atoms with van der Waals surface area (Å²) in [5.74, 6) is -0.135. The second-order valence-corrected chi connectivity index (χ2v) is 7.35. The summed E-state index contributed by atoms with van der Waals surface area (Å²) in [4.78, 5) is 13.0. The molecule has 0 heterocycles. The Bertz CT molecular complexity index is 690. The van der Waals surface area contributed by atoms with E-state index >= 15 is 0 Å². The first-order valence-corrected chi connectivity index (χ1v) is 9.79. The number of amides is 1. The van der Waals surface area contributed by atoms with Gasteiger partial charge in [-0.1, -0.05) is 61.7 Å². The van der Waals surface area contributed by atoms with E-state index in [2.05, 4.69) is 29.6 Å². The second-order valence-electron chi connectivity index (χ2n) is 7.35. The van der Waals surface area contributed by atoms with Crippen molar-refractivity contribution in [2.45, 2.75) is 56.8 Å². The first kappa shape index (κ1) is 18.6. The average Bonchev–Trinajstić information content (AvgIpc) is 2.69. The van der Waals surface area contributed by atoms with Crippen LogP contribution in [-0.2, 0) is 16.6 Å². The molecule has 2 aromatic carbocycles. The summed E-state index contributed by atoms with van der Waals surface area (Å²) in [6.07, 6.45) is 8.07. The van der Waals surface area contributed by atoms with Gasteiger partial charge in [-0.25, -0.2) is 4.39 Å². The van der Waals surface area contributed by atoms with Crippen LogP contribution in [0.4, 0.5) is 4.39 Å². The first-order chi connectivity index (χ1) is 12.7. The van der Waals surface area contributed by atoms with Crippen LogP contribution in [0.3, 0.4) is 0 Å². The topological polar surface area (TPSA) is 29.1 Å². The molecule has 1 saturated carbocycles. The molecule has 1 fully saturated rings. The summed E-state index contributed by atoms with van der Waals surface area (Å²) in [6, 6.07) is 17.0. The van der Waals surface area contributed by atoms with Gasteiger partial charge in [-0.3, -0.25) is 4.79 Å². The normalized spacial score (nSPS) is 16.2. The number of nitrogens with one attached hydrogen (secondary N) is 1. The maximum Gasteiger partial charge on any atom is 0.230 e. The molecule has 0 spiro atoms. The van der Waals surface area contributed by atoms with Crippen molar-refractivity contribution in [3.05, 3.63) is 71.5 Å². The SMILES string of the molecule is O=C(NCCCCc1ccccc1)C1(c2ccc(F)cc2)CCCCC1. The molecule has 0 unspecified atom stereocenters. The van der Waals surface area contributed by atoms with E-state index < -0.39 is 5.41 Å². The molecule has 26 heavy (non-hydrogen) atoms. The van der Waals surface area contributed by atoms with Gasteiger partial charge in [0.25, 0.3) is 0 Å². The summed E-state index contributed by atoms with van der Waals surface area (Å²) < 4.78 is 13.3. The number of unbranched alkanes of at least 4 members (excludes halogenated alkanes) is 1. The molecule has 2 nitrogen and oxygen atoms in total. The smallest absolute Gasteiger partial charge is 0.230 e. The van der Waals surface area contributed by atoms with Crippen molar-refractivity contribution in [2.24, 2.45) is 0 Å². The van der Waals surface area contributed by atoms with Crippen molar-refractivity contribution in [1.82, 2.24) is 5.32 Å². The van der Waals surface area contributed by atoms with Gasteiger partial charge in [-0.15, -0.1) is 0 Å². The van der Waals surface area contributed by atoms with Gasteiger partial charge in [-0.2, -0.15) is 0 Å². The highest BCUT2D eigenvalue weighted by atomic mass is 19.1. The maximum atomic E-state index is 13.3. The third-order valence-corrected chi connectivity index (χ3v) is 5.56. The number of halogens is 1. The fraction of sp³-hybridized carbons (Fsp3) is 0.435. The lowest BCUT2D eigenvalue weighted by Crippen LogP contribution is -2.46. The van der Waals surface area contributed by atoms with E-state index in [4.69, 9.17) is 0 Å². The Labute approximate surface area is 155 Å². The lowest BCUT2D eigenvalue weighted by molar-refractivity contribution is -0.128.